The van der Waals surface area contributed by atoms with Crippen LogP contribution < -0.4 is 16.3 Å². The van der Waals surface area contributed by atoms with E-state index in [0.29, 0.717) is 22.7 Å². The Morgan fingerprint density at radius 1 is 1.27 bits per heavy atom. The molecule has 1 aromatic heterocycles. The van der Waals surface area contributed by atoms with E-state index < -0.39 is 43.1 Å². The average Bonchev–Trinajstić information content (AvgIpc) is 2.99. The highest BCUT2D eigenvalue weighted by molar-refractivity contribution is 7.54. The monoisotopic (exact) mass is 487 g/mol. The SMILES string of the molecule is CCC(C)(CC1OC(N2C=c3c(C)c(C)c(=O)[nH]c3=NC2)C(O)C1O)OP(=O)(O)C(C)(C)O. The maximum Gasteiger partial charge on any atom is 0.359 e. The van der Waals surface area contributed by atoms with Crippen molar-refractivity contribution in [1.82, 2.24) is 9.88 Å². The van der Waals surface area contributed by atoms with Gasteiger partial charge in [-0.3, -0.25) is 9.36 Å². The summed E-state index contributed by atoms with van der Waals surface area (Å²) in [6, 6.07) is 0. The molecule has 1 saturated heterocycles. The molecule has 1 fully saturated rings. The molecule has 0 amide bonds. The van der Waals surface area contributed by atoms with Crippen LogP contribution in [0.1, 0.15) is 51.7 Å². The number of hydrogen-bond acceptors (Lipinski definition) is 9. The van der Waals surface area contributed by atoms with Gasteiger partial charge in [-0.2, -0.15) is 0 Å². The molecule has 186 valence electrons. The molecule has 0 bridgehead atoms. The molecule has 2 aliphatic heterocycles. The molecule has 0 radical (unpaired) electrons. The van der Waals surface area contributed by atoms with E-state index >= 15 is 0 Å². The molecule has 0 saturated carbocycles. The van der Waals surface area contributed by atoms with Crippen LogP contribution in [0.2, 0.25) is 0 Å². The highest BCUT2D eigenvalue weighted by Gasteiger charge is 2.50. The molecule has 5 N–H and O–H groups in total. The van der Waals surface area contributed by atoms with E-state index in [4.69, 9.17) is 9.26 Å². The Bertz CT molecular complexity index is 1130. The number of aliphatic hydroxyl groups is 3. The second-order valence-corrected chi connectivity index (χ2v) is 11.9. The van der Waals surface area contributed by atoms with Gasteiger partial charge >= 0.3 is 7.60 Å². The second kappa shape index (κ2) is 8.88. The quantitative estimate of drug-likeness (QED) is 0.321. The van der Waals surface area contributed by atoms with Gasteiger partial charge in [-0.05, 0) is 46.6 Å². The summed E-state index contributed by atoms with van der Waals surface area (Å²) in [5, 5.41) is 30.1. The van der Waals surface area contributed by atoms with E-state index in [0.717, 1.165) is 5.56 Å². The molecule has 3 rings (SSSR count). The predicted molar refractivity (Wildman–Crippen MR) is 120 cm³/mol. The van der Waals surface area contributed by atoms with E-state index in [2.05, 4.69) is 9.98 Å². The first-order chi connectivity index (χ1) is 15.1. The molecule has 2 aliphatic rings. The average molecular weight is 487 g/mol. The topological polar surface area (TPSA) is 165 Å². The van der Waals surface area contributed by atoms with Crippen molar-refractivity contribution < 1.29 is 34.0 Å². The molecule has 12 heteroatoms. The zero-order valence-electron chi connectivity index (χ0n) is 19.8. The van der Waals surface area contributed by atoms with Crippen molar-refractivity contribution in [3.8, 4) is 0 Å². The van der Waals surface area contributed by atoms with Crippen molar-refractivity contribution >= 4 is 13.8 Å². The molecule has 11 nitrogen and oxygen atoms in total. The Balaban J connectivity index is 1.84. The van der Waals surface area contributed by atoms with Crippen LogP contribution in [0.4, 0.5) is 0 Å². The van der Waals surface area contributed by atoms with Gasteiger partial charge in [0.2, 0.25) is 0 Å². The Morgan fingerprint density at radius 3 is 2.48 bits per heavy atom. The van der Waals surface area contributed by atoms with Gasteiger partial charge in [-0.15, -0.1) is 0 Å². The van der Waals surface area contributed by atoms with Crippen molar-refractivity contribution in [2.45, 2.75) is 89.9 Å². The van der Waals surface area contributed by atoms with Crippen LogP contribution in [0, 0.1) is 13.8 Å². The molecule has 0 aromatic carbocycles. The fourth-order valence-electron chi connectivity index (χ4n) is 3.87. The van der Waals surface area contributed by atoms with Gasteiger partial charge in [0.1, 0.15) is 24.4 Å². The highest BCUT2D eigenvalue weighted by atomic mass is 31.2. The van der Waals surface area contributed by atoms with Gasteiger partial charge in [0, 0.05) is 23.4 Å². The van der Waals surface area contributed by atoms with Crippen LogP contribution in [0.15, 0.2) is 9.79 Å². The number of aromatic amines is 1. The minimum absolute atomic E-state index is 0.00584. The smallest absolute Gasteiger partial charge is 0.359 e. The summed E-state index contributed by atoms with van der Waals surface area (Å²) in [6.45, 7) is 9.34. The summed E-state index contributed by atoms with van der Waals surface area (Å²) in [5.41, 5.74) is 0.338. The second-order valence-electron chi connectivity index (χ2n) is 9.57. The highest BCUT2D eigenvalue weighted by Crippen LogP contribution is 2.57. The fourth-order valence-corrected chi connectivity index (χ4v) is 4.89. The largest absolute Gasteiger partial charge is 0.388 e. The van der Waals surface area contributed by atoms with Gasteiger partial charge in [0.25, 0.3) is 5.56 Å². The summed E-state index contributed by atoms with van der Waals surface area (Å²) in [6.07, 6.45) is -2.34. The number of hydrogen-bond donors (Lipinski definition) is 5. The third-order valence-corrected chi connectivity index (χ3v) is 8.63. The molecule has 3 heterocycles. The van der Waals surface area contributed by atoms with Gasteiger partial charge in [-0.1, -0.05) is 6.92 Å². The Labute approximate surface area is 191 Å². The van der Waals surface area contributed by atoms with Crippen molar-refractivity contribution in [2.75, 3.05) is 6.67 Å². The summed E-state index contributed by atoms with van der Waals surface area (Å²) in [7, 11) is -4.40. The van der Waals surface area contributed by atoms with Crippen molar-refractivity contribution in [3.63, 3.8) is 0 Å². The summed E-state index contributed by atoms with van der Waals surface area (Å²) >= 11 is 0. The Kier molecular flexibility index (Phi) is 7.01. The van der Waals surface area contributed by atoms with Gasteiger partial charge in [-0.25, -0.2) is 4.99 Å². The molecule has 0 aliphatic carbocycles. The molecule has 1 aromatic rings. The van der Waals surface area contributed by atoms with E-state index in [9.17, 15) is 29.6 Å². The molecular formula is C21H34N3O8P. The number of H-pyrrole nitrogens is 1. The number of nitrogens with one attached hydrogen (secondary N) is 1. The zero-order chi connectivity index (χ0) is 24.9. The van der Waals surface area contributed by atoms with Crippen LogP contribution in [0.5, 0.6) is 0 Å². The molecule has 0 spiro atoms. The number of rotatable bonds is 7. The van der Waals surface area contributed by atoms with Crippen LogP contribution in [-0.4, -0.2) is 72.2 Å². The van der Waals surface area contributed by atoms with Crippen molar-refractivity contribution in [1.29, 1.82) is 0 Å². The molecule has 33 heavy (non-hydrogen) atoms. The minimum Gasteiger partial charge on any atom is -0.388 e. The van der Waals surface area contributed by atoms with Crippen molar-refractivity contribution in [2.24, 2.45) is 4.99 Å². The summed E-state index contributed by atoms with van der Waals surface area (Å²) in [4.78, 5) is 31.0. The number of fused-ring (bicyclic) bond motifs is 1. The molecule has 6 atom stereocenters. The fraction of sp³-hybridized carbons (Fsp3) is 0.714. The first kappa shape index (κ1) is 26.0. The Morgan fingerprint density at radius 2 is 1.91 bits per heavy atom. The predicted octanol–water partition coefficient (Wildman–Crippen LogP) is -0.442. The lowest BCUT2D eigenvalue weighted by Crippen LogP contribution is -2.49. The van der Waals surface area contributed by atoms with Gasteiger partial charge in [0.15, 0.2) is 11.6 Å². The maximum atomic E-state index is 12.5. The van der Waals surface area contributed by atoms with E-state index in [1.807, 2.05) is 6.92 Å². The number of ether oxygens (including phenoxy) is 1. The van der Waals surface area contributed by atoms with Crippen LogP contribution >= 0.6 is 7.60 Å². The lowest BCUT2D eigenvalue weighted by Gasteiger charge is -2.36. The van der Waals surface area contributed by atoms with E-state index in [1.54, 1.807) is 31.9 Å². The standard InChI is InChI=1S/C21H34N3O8P/c1-7-21(6,32-33(29,30)20(4,5)28)8-14-15(25)16(26)19(31-14)24-9-13-11(2)12(3)18(27)23-17(13)22-10-24/h9,14-16,19,25-26,28H,7-8,10H2,1-6H3,(H,29,30)(H,22,23,27). The number of nitrogens with zero attached hydrogens (tertiary/aromatic N) is 2. The summed E-state index contributed by atoms with van der Waals surface area (Å²) in [5.74, 6) is 0. The Hall–Kier alpha value is -1.59. The number of aliphatic hydroxyl groups excluding tert-OH is 2. The van der Waals surface area contributed by atoms with Crippen LogP contribution in [0.25, 0.3) is 6.20 Å². The molecular weight excluding hydrogens is 453 g/mol. The normalized spacial score (nSPS) is 29.0. The summed E-state index contributed by atoms with van der Waals surface area (Å²) < 4.78 is 24.0. The van der Waals surface area contributed by atoms with Crippen LogP contribution in [0.3, 0.4) is 0 Å². The van der Waals surface area contributed by atoms with Gasteiger partial charge in [0.05, 0.1) is 11.7 Å². The van der Waals surface area contributed by atoms with E-state index in [1.165, 1.54) is 13.8 Å². The third kappa shape index (κ3) is 4.95. The van der Waals surface area contributed by atoms with Gasteiger partial charge < -0.3 is 39.4 Å². The molecule has 6 unspecified atom stereocenters. The minimum atomic E-state index is -4.40. The first-order valence-corrected chi connectivity index (χ1v) is 12.5. The van der Waals surface area contributed by atoms with Crippen LogP contribution in [-0.2, 0) is 13.8 Å². The van der Waals surface area contributed by atoms with Crippen molar-refractivity contribution in [3.05, 3.63) is 32.2 Å². The first-order valence-electron chi connectivity index (χ1n) is 10.9. The third-order valence-electron chi connectivity index (χ3n) is 6.56. The zero-order valence-corrected chi connectivity index (χ0v) is 20.7. The van der Waals surface area contributed by atoms with E-state index in [-0.39, 0.29) is 18.6 Å². The number of pyridine rings is 1. The maximum absolute atomic E-state index is 12.5. The lowest BCUT2D eigenvalue weighted by molar-refractivity contribution is -0.0836. The lowest BCUT2D eigenvalue weighted by atomic mass is 9.93. The number of aromatic nitrogens is 1.